The Morgan fingerprint density at radius 1 is 1.28 bits per heavy atom. The maximum atomic E-state index is 11.9. The Hall–Kier alpha value is -0.610. The van der Waals surface area contributed by atoms with Gasteiger partial charge in [0.2, 0.25) is 0 Å². The molecule has 0 aromatic carbocycles. The van der Waals surface area contributed by atoms with Gasteiger partial charge in [0, 0.05) is 0 Å². The number of esters is 1. The Balaban J connectivity index is 4.38. The Labute approximate surface area is 111 Å². The van der Waals surface area contributed by atoms with Crippen molar-refractivity contribution in [2.45, 2.75) is 59.6 Å². The summed E-state index contributed by atoms with van der Waals surface area (Å²) in [5.41, 5.74) is -0.754. The molecule has 0 aromatic rings. The van der Waals surface area contributed by atoms with E-state index in [1.165, 1.54) is 0 Å². The molecule has 0 saturated heterocycles. The van der Waals surface area contributed by atoms with Crippen molar-refractivity contribution in [2.24, 2.45) is 5.92 Å². The summed E-state index contributed by atoms with van der Waals surface area (Å²) in [6.07, 6.45) is 1.14. The average molecular weight is 259 g/mol. The molecule has 4 heteroatoms. The summed E-state index contributed by atoms with van der Waals surface area (Å²) in [5.74, 6) is 0.344. The lowest BCUT2D eigenvalue weighted by atomic mass is 10.0. The Morgan fingerprint density at radius 2 is 1.89 bits per heavy atom. The molecule has 4 nitrogen and oxygen atoms in total. The first-order chi connectivity index (χ1) is 8.35. The zero-order valence-corrected chi connectivity index (χ0v) is 12.7. The molecule has 0 fully saturated rings. The van der Waals surface area contributed by atoms with Crippen LogP contribution in [0, 0.1) is 5.92 Å². The van der Waals surface area contributed by atoms with Crippen LogP contribution in [0.1, 0.15) is 48.0 Å². The Morgan fingerprint density at radius 3 is 2.33 bits per heavy atom. The van der Waals surface area contributed by atoms with E-state index in [4.69, 9.17) is 9.47 Å². The molecule has 0 bridgehead atoms. The summed E-state index contributed by atoms with van der Waals surface area (Å²) in [4.78, 5) is 11.9. The number of carbonyl (C=O) groups is 1. The minimum absolute atomic E-state index is 0.150. The lowest BCUT2D eigenvalue weighted by Gasteiger charge is -2.29. The largest absolute Gasteiger partial charge is 0.465 e. The van der Waals surface area contributed by atoms with Crippen molar-refractivity contribution >= 4 is 5.97 Å². The van der Waals surface area contributed by atoms with Gasteiger partial charge in [-0.05, 0) is 39.7 Å². The Bertz CT molecular complexity index is 243. The lowest BCUT2D eigenvalue weighted by Crippen LogP contribution is -2.54. The third-order valence-corrected chi connectivity index (χ3v) is 2.75. The van der Waals surface area contributed by atoms with Crippen LogP contribution >= 0.6 is 0 Å². The van der Waals surface area contributed by atoms with E-state index in [1.807, 2.05) is 27.7 Å². The van der Waals surface area contributed by atoms with Gasteiger partial charge in [0.25, 0.3) is 0 Å². The smallest absolute Gasteiger partial charge is 0.328 e. The fraction of sp³-hybridized carbons (Fsp3) is 0.929. The first-order valence-corrected chi connectivity index (χ1v) is 6.89. The molecular weight excluding hydrogens is 230 g/mol. The molecule has 2 unspecified atom stereocenters. The van der Waals surface area contributed by atoms with E-state index in [-0.39, 0.29) is 12.1 Å². The summed E-state index contributed by atoms with van der Waals surface area (Å²) in [6, 6.07) is 0. The second kappa shape index (κ2) is 8.48. The maximum Gasteiger partial charge on any atom is 0.328 e. The number of carbonyl (C=O) groups excluding carboxylic acids is 1. The number of hydrogen-bond donors (Lipinski definition) is 1. The predicted octanol–water partition coefficient (Wildman–Crippen LogP) is 2.37. The molecule has 0 aliphatic rings. The molecule has 108 valence electrons. The van der Waals surface area contributed by atoms with Gasteiger partial charge < -0.3 is 14.8 Å². The summed E-state index contributed by atoms with van der Waals surface area (Å²) in [5, 5.41) is 3.15. The van der Waals surface area contributed by atoms with Crippen LogP contribution in [0.2, 0.25) is 0 Å². The summed E-state index contributed by atoms with van der Waals surface area (Å²) < 4.78 is 10.9. The Kier molecular flexibility index (Phi) is 8.20. The number of ether oxygens (including phenoxy) is 2. The molecule has 18 heavy (non-hydrogen) atoms. The highest BCUT2D eigenvalue weighted by Crippen LogP contribution is 2.13. The van der Waals surface area contributed by atoms with Crippen molar-refractivity contribution in [3.05, 3.63) is 0 Å². The lowest BCUT2D eigenvalue weighted by molar-refractivity contribution is -0.154. The van der Waals surface area contributed by atoms with Crippen LogP contribution < -0.4 is 5.32 Å². The van der Waals surface area contributed by atoms with Gasteiger partial charge in [0.15, 0.2) is 0 Å². The monoisotopic (exact) mass is 259 g/mol. The van der Waals surface area contributed by atoms with Crippen LogP contribution in [-0.2, 0) is 14.3 Å². The van der Waals surface area contributed by atoms with Gasteiger partial charge in [-0.3, -0.25) is 0 Å². The third kappa shape index (κ3) is 6.36. The molecule has 0 spiro atoms. The van der Waals surface area contributed by atoms with Gasteiger partial charge in [0.05, 0.1) is 19.3 Å². The van der Waals surface area contributed by atoms with Crippen LogP contribution in [0.5, 0.6) is 0 Å². The van der Waals surface area contributed by atoms with E-state index in [9.17, 15) is 4.79 Å². The average Bonchev–Trinajstić information content (AvgIpc) is 2.26. The van der Waals surface area contributed by atoms with Gasteiger partial charge in [-0.1, -0.05) is 20.8 Å². The van der Waals surface area contributed by atoms with Crippen LogP contribution in [0.3, 0.4) is 0 Å². The second-order valence-electron chi connectivity index (χ2n) is 5.33. The van der Waals surface area contributed by atoms with Crippen molar-refractivity contribution in [2.75, 3.05) is 19.8 Å². The second-order valence-corrected chi connectivity index (χ2v) is 5.33. The zero-order valence-electron chi connectivity index (χ0n) is 12.7. The van der Waals surface area contributed by atoms with E-state index in [1.54, 1.807) is 0 Å². The van der Waals surface area contributed by atoms with Gasteiger partial charge in [0.1, 0.15) is 5.54 Å². The van der Waals surface area contributed by atoms with Crippen molar-refractivity contribution in [3.63, 3.8) is 0 Å². The molecule has 0 heterocycles. The normalized spacial score (nSPS) is 16.4. The van der Waals surface area contributed by atoms with Crippen molar-refractivity contribution in [1.29, 1.82) is 0 Å². The number of hydrogen-bond acceptors (Lipinski definition) is 4. The van der Waals surface area contributed by atoms with Crippen LogP contribution in [-0.4, -0.2) is 37.4 Å². The molecule has 0 aromatic heterocycles. The third-order valence-electron chi connectivity index (χ3n) is 2.75. The first kappa shape index (κ1) is 17.4. The molecule has 0 saturated carbocycles. The van der Waals surface area contributed by atoms with Crippen molar-refractivity contribution in [1.82, 2.24) is 5.32 Å². The highest BCUT2D eigenvalue weighted by molar-refractivity contribution is 5.80. The van der Waals surface area contributed by atoms with E-state index >= 15 is 0 Å². The number of rotatable bonds is 9. The standard InChI is InChI=1S/C14H29NO3/c1-7-15-14(6,13(16)17-8-2)10-18-12(5)9-11(3)4/h11-12,15H,7-10H2,1-6H3. The van der Waals surface area contributed by atoms with Gasteiger partial charge in [-0.2, -0.15) is 0 Å². The highest BCUT2D eigenvalue weighted by atomic mass is 16.5. The minimum Gasteiger partial charge on any atom is -0.465 e. The van der Waals surface area contributed by atoms with Crippen molar-refractivity contribution in [3.8, 4) is 0 Å². The van der Waals surface area contributed by atoms with Crippen LogP contribution in [0.15, 0.2) is 0 Å². The summed E-state index contributed by atoms with van der Waals surface area (Å²) >= 11 is 0. The topological polar surface area (TPSA) is 47.6 Å². The summed E-state index contributed by atoms with van der Waals surface area (Å²) in [6.45, 7) is 13.4. The molecule has 0 radical (unpaired) electrons. The van der Waals surface area contributed by atoms with E-state index in [0.29, 0.717) is 25.7 Å². The number of nitrogens with one attached hydrogen (secondary N) is 1. The first-order valence-electron chi connectivity index (χ1n) is 6.89. The van der Waals surface area contributed by atoms with Crippen molar-refractivity contribution < 1.29 is 14.3 Å². The summed E-state index contributed by atoms with van der Waals surface area (Å²) in [7, 11) is 0. The van der Waals surface area contributed by atoms with E-state index in [2.05, 4.69) is 19.2 Å². The SMILES string of the molecule is CCNC(C)(COC(C)CC(C)C)C(=O)OCC. The fourth-order valence-electron chi connectivity index (χ4n) is 1.90. The molecule has 2 atom stereocenters. The van der Waals surface area contributed by atoms with E-state index < -0.39 is 5.54 Å². The molecule has 1 N–H and O–H groups in total. The molecule has 0 rings (SSSR count). The minimum atomic E-state index is -0.754. The van der Waals surface area contributed by atoms with Crippen LogP contribution in [0.25, 0.3) is 0 Å². The molecule has 0 amide bonds. The van der Waals surface area contributed by atoms with Gasteiger partial charge >= 0.3 is 5.97 Å². The van der Waals surface area contributed by atoms with Crippen LogP contribution in [0.4, 0.5) is 0 Å². The molecule has 0 aliphatic heterocycles. The fourth-order valence-corrected chi connectivity index (χ4v) is 1.90. The quantitative estimate of drug-likeness (QED) is 0.646. The number of likely N-dealkylation sites (N-methyl/N-ethyl adjacent to an activating group) is 1. The zero-order chi connectivity index (χ0) is 14.2. The molecular formula is C14H29NO3. The van der Waals surface area contributed by atoms with Gasteiger partial charge in [-0.25, -0.2) is 4.79 Å². The van der Waals surface area contributed by atoms with Gasteiger partial charge in [-0.15, -0.1) is 0 Å². The maximum absolute atomic E-state index is 11.9. The van der Waals surface area contributed by atoms with E-state index in [0.717, 1.165) is 6.42 Å². The highest BCUT2D eigenvalue weighted by Gasteiger charge is 2.34. The molecule has 0 aliphatic carbocycles. The predicted molar refractivity (Wildman–Crippen MR) is 73.6 cm³/mol.